The maximum atomic E-state index is 13.1. The molecule has 2 heterocycles. The fraction of sp³-hybridized carbons (Fsp3) is 0.429. The fourth-order valence-electron chi connectivity index (χ4n) is 5.53. The number of hydrogen-bond acceptors (Lipinski definition) is 5. The smallest absolute Gasteiger partial charge is 0.252 e. The van der Waals surface area contributed by atoms with Crippen LogP contribution in [0.3, 0.4) is 0 Å². The van der Waals surface area contributed by atoms with Gasteiger partial charge in [0.15, 0.2) is 5.82 Å². The Bertz CT molecular complexity index is 1320. The molecule has 0 radical (unpaired) electrons. The van der Waals surface area contributed by atoms with Gasteiger partial charge in [-0.25, -0.2) is 4.68 Å². The molecule has 35 heavy (non-hydrogen) atoms. The van der Waals surface area contributed by atoms with Gasteiger partial charge in [-0.3, -0.25) is 9.69 Å². The Morgan fingerprint density at radius 1 is 1.11 bits per heavy atom. The standard InChI is InChI=1S/C28H34N6O/c1-3-25(27-30-31-32-34(27)17-16-21-11-5-4-6-12-21)33(24-14-7-8-15-24)19-23-18-22-13-9-10-20(2)26(22)29-28(23)35/h4-6,9-13,18,24-25H,3,7-8,14-17,19H2,1-2H3,(H,29,35). The number of rotatable bonds is 9. The second-order valence-electron chi connectivity index (χ2n) is 9.69. The predicted molar refractivity (Wildman–Crippen MR) is 138 cm³/mol. The van der Waals surface area contributed by atoms with E-state index in [9.17, 15) is 4.79 Å². The third kappa shape index (κ3) is 5.05. The van der Waals surface area contributed by atoms with Crippen molar-refractivity contribution in [2.45, 2.75) is 77.5 Å². The van der Waals surface area contributed by atoms with Gasteiger partial charge in [-0.2, -0.15) is 0 Å². The van der Waals surface area contributed by atoms with Crippen molar-refractivity contribution < 1.29 is 0 Å². The van der Waals surface area contributed by atoms with Crippen molar-refractivity contribution in [2.75, 3.05) is 0 Å². The maximum absolute atomic E-state index is 13.1. The molecule has 2 aromatic carbocycles. The summed E-state index contributed by atoms with van der Waals surface area (Å²) in [5.41, 5.74) is 4.08. The SMILES string of the molecule is CCC(c1nnnn1CCc1ccccc1)N(Cc1cc2cccc(C)c2[nH]c1=O)C1CCCC1. The number of H-pyrrole nitrogens is 1. The van der Waals surface area contributed by atoms with E-state index in [0.29, 0.717) is 12.6 Å². The Kier molecular flexibility index (Phi) is 7.04. The number of fused-ring (bicyclic) bond motifs is 1. The molecule has 1 unspecified atom stereocenters. The molecule has 1 saturated carbocycles. The molecule has 4 aromatic rings. The summed E-state index contributed by atoms with van der Waals surface area (Å²) in [7, 11) is 0. The number of nitrogens with one attached hydrogen (secondary N) is 1. The topological polar surface area (TPSA) is 79.7 Å². The van der Waals surface area contributed by atoms with Gasteiger partial charge < -0.3 is 4.98 Å². The number of aromatic nitrogens is 5. The van der Waals surface area contributed by atoms with Crippen LogP contribution in [0.25, 0.3) is 10.9 Å². The van der Waals surface area contributed by atoms with E-state index in [1.165, 1.54) is 18.4 Å². The third-order valence-electron chi connectivity index (χ3n) is 7.41. The summed E-state index contributed by atoms with van der Waals surface area (Å²) in [5, 5.41) is 14.0. The van der Waals surface area contributed by atoms with E-state index in [1.807, 2.05) is 29.8 Å². The number of pyridine rings is 1. The second-order valence-corrected chi connectivity index (χ2v) is 9.69. The minimum Gasteiger partial charge on any atom is -0.321 e. The van der Waals surface area contributed by atoms with E-state index >= 15 is 0 Å². The predicted octanol–water partition coefficient (Wildman–Crippen LogP) is 4.96. The molecule has 0 saturated heterocycles. The van der Waals surface area contributed by atoms with Crippen molar-refractivity contribution in [3.8, 4) is 0 Å². The summed E-state index contributed by atoms with van der Waals surface area (Å²) < 4.78 is 1.96. The molecule has 2 aromatic heterocycles. The zero-order valence-corrected chi connectivity index (χ0v) is 20.7. The summed E-state index contributed by atoms with van der Waals surface area (Å²) in [6.07, 6.45) is 6.50. The Morgan fingerprint density at radius 2 is 1.91 bits per heavy atom. The van der Waals surface area contributed by atoms with Crippen molar-refractivity contribution in [3.63, 3.8) is 0 Å². The lowest BCUT2D eigenvalue weighted by Gasteiger charge is -2.35. The van der Waals surface area contributed by atoms with Crippen LogP contribution in [-0.4, -0.2) is 36.1 Å². The van der Waals surface area contributed by atoms with Gasteiger partial charge in [0.1, 0.15) is 0 Å². The highest BCUT2D eigenvalue weighted by atomic mass is 16.1. The Balaban J connectivity index is 1.45. The average Bonchev–Trinajstić information content (AvgIpc) is 3.57. The molecule has 1 atom stereocenters. The van der Waals surface area contributed by atoms with Crippen LogP contribution < -0.4 is 5.56 Å². The van der Waals surface area contributed by atoms with Gasteiger partial charge in [-0.15, -0.1) is 5.10 Å². The van der Waals surface area contributed by atoms with Crippen LogP contribution >= 0.6 is 0 Å². The minimum atomic E-state index is -0.00619. The Hall–Kier alpha value is -3.32. The first kappa shape index (κ1) is 23.4. The molecular formula is C28H34N6O. The van der Waals surface area contributed by atoms with E-state index in [-0.39, 0.29) is 11.6 Å². The lowest BCUT2D eigenvalue weighted by molar-refractivity contribution is 0.112. The van der Waals surface area contributed by atoms with Crippen molar-refractivity contribution in [2.24, 2.45) is 0 Å². The van der Waals surface area contributed by atoms with E-state index < -0.39 is 0 Å². The van der Waals surface area contributed by atoms with Gasteiger partial charge in [0.2, 0.25) is 0 Å². The lowest BCUT2D eigenvalue weighted by atomic mass is 10.0. The molecule has 182 valence electrons. The first-order chi connectivity index (χ1) is 17.1. The van der Waals surface area contributed by atoms with Crippen LogP contribution in [-0.2, 0) is 19.5 Å². The molecule has 0 spiro atoms. The van der Waals surface area contributed by atoms with E-state index in [4.69, 9.17) is 0 Å². The normalized spacial score (nSPS) is 15.3. The van der Waals surface area contributed by atoms with Crippen LogP contribution in [0.15, 0.2) is 59.4 Å². The molecular weight excluding hydrogens is 436 g/mol. The van der Waals surface area contributed by atoms with Crippen LogP contribution in [0.5, 0.6) is 0 Å². The molecule has 0 bridgehead atoms. The minimum absolute atomic E-state index is 0.00619. The average molecular weight is 471 g/mol. The Labute approximate surface area is 206 Å². The quantitative estimate of drug-likeness (QED) is 0.374. The van der Waals surface area contributed by atoms with Gasteiger partial charge in [0.05, 0.1) is 11.6 Å². The van der Waals surface area contributed by atoms with Crippen molar-refractivity contribution in [3.05, 3.63) is 87.5 Å². The van der Waals surface area contributed by atoms with Gasteiger partial charge >= 0.3 is 0 Å². The van der Waals surface area contributed by atoms with E-state index in [0.717, 1.165) is 60.1 Å². The molecule has 5 rings (SSSR count). The first-order valence-electron chi connectivity index (χ1n) is 12.8. The second kappa shape index (κ2) is 10.5. The monoisotopic (exact) mass is 470 g/mol. The molecule has 1 aliphatic carbocycles. The van der Waals surface area contributed by atoms with Crippen LogP contribution in [0.4, 0.5) is 0 Å². The highest BCUT2D eigenvalue weighted by Gasteiger charge is 2.32. The third-order valence-corrected chi connectivity index (χ3v) is 7.41. The van der Waals surface area contributed by atoms with Gasteiger partial charge in [-0.1, -0.05) is 68.3 Å². The van der Waals surface area contributed by atoms with Crippen molar-refractivity contribution >= 4 is 10.9 Å². The summed E-state index contributed by atoms with van der Waals surface area (Å²) >= 11 is 0. The largest absolute Gasteiger partial charge is 0.321 e. The zero-order chi connectivity index (χ0) is 24.2. The van der Waals surface area contributed by atoms with Crippen LogP contribution in [0, 0.1) is 6.92 Å². The van der Waals surface area contributed by atoms with Gasteiger partial charge in [0.25, 0.3) is 5.56 Å². The number of nitrogens with zero attached hydrogens (tertiary/aromatic N) is 5. The summed E-state index contributed by atoms with van der Waals surface area (Å²) in [4.78, 5) is 18.8. The summed E-state index contributed by atoms with van der Waals surface area (Å²) in [5.74, 6) is 0.892. The van der Waals surface area contributed by atoms with Crippen molar-refractivity contribution in [1.29, 1.82) is 0 Å². The number of tetrazole rings is 1. The zero-order valence-electron chi connectivity index (χ0n) is 20.7. The summed E-state index contributed by atoms with van der Waals surface area (Å²) in [6, 6.07) is 19.1. The van der Waals surface area contributed by atoms with E-state index in [1.54, 1.807) is 0 Å². The van der Waals surface area contributed by atoms with E-state index in [2.05, 4.69) is 68.7 Å². The lowest BCUT2D eigenvalue weighted by Crippen LogP contribution is -2.39. The molecule has 7 nitrogen and oxygen atoms in total. The molecule has 1 fully saturated rings. The number of aryl methyl sites for hydroxylation is 3. The number of hydrogen-bond donors (Lipinski definition) is 1. The fourth-order valence-corrected chi connectivity index (χ4v) is 5.53. The Morgan fingerprint density at radius 3 is 2.69 bits per heavy atom. The molecule has 1 aliphatic rings. The van der Waals surface area contributed by atoms with Crippen LogP contribution in [0.2, 0.25) is 0 Å². The van der Waals surface area contributed by atoms with Crippen LogP contribution in [0.1, 0.15) is 67.6 Å². The summed E-state index contributed by atoms with van der Waals surface area (Å²) in [6.45, 7) is 5.55. The molecule has 7 heteroatoms. The van der Waals surface area contributed by atoms with Crippen molar-refractivity contribution in [1.82, 2.24) is 30.1 Å². The first-order valence-corrected chi connectivity index (χ1v) is 12.8. The molecule has 1 N–H and O–H groups in total. The highest BCUT2D eigenvalue weighted by Crippen LogP contribution is 2.33. The molecule has 0 amide bonds. The van der Waals surface area contributed by atoms with Gasteiger partial charge in [-0.05, 0) is 65.6 Å². The van der Waals surface area contributed by atoms with Gasteiger partial charge in [0, 0.05) is 24.7 Å². The number of para-hydroxylation sites is 1. The number of benzene rings is 2. The highest BCUT2D eigenvalue weighted by molar-refractivity contribution is 5.81. The number of aromatic amines is 1. The molecule has 0 aliphatic heterocycles. The maximum Gasteiger partial charge on any atom is 0.252 e.